The predicted molar refractivity (Wildman–Crippen MR) is 292 cm³/mol. The molecule has 7 rings (SSSR count). The zero-order chi connectivity index (χ0) is 56.3. The summed E-state index contributed by atoms with van der Waals surface area (Å²) in [6.07, 6.45) is 16.2. The van der Waals surface area contributed by atoms with Gasteiger partial charge in [0.25, 0.3) is 46.4 Å². The summed E-state index contributed by atoms with van der Waals surface area (Å²) in [5.41, 5.74) is 4.04. The lowest BCUT2D eigenvalue weighted by Gasteiger charge is -2.27. The van der Waals surface area contributed by atoms with E-state index in [1.165, 1.54) is 42.5 Å². The van der Waals surface area contributed by atoms with Gasteiger partial charge < -0.3 is 19.9 Å². The number of ether oxygens (including phenoxy) is 1. The molecule has 0 fully saturated rings. The van der Waals surface area contributed by atoms with Crippen molar-refractivity contribution in [3.05, 3.63) is 149 Å². The topological polar surface area (TPSA) is 282 Å². The Bertz CT molecular complexity index is 3500. The van der Waals surface area contributed by atoms with E-state index in [1.807, 2.05) is 52.0 Å². The highest BCUT2D eigenvalue weighted by atomic mass is 32.2. The zero-order valence-corrected chi connectivity index (χ0v) is 46.6. The number of allylic oxidation sites excluding steroid dienone is 8. The van der Waals surface area contributed by atoms with Crippen LogP contribution in [0.15, 0.2) is 142 Å². The molecule has 3 aliphatic heterocycles. The Morgan fingerprint density at radius 2 is 1.39 bits per heavy atom. The maximum atomic E-state index is 12.8. The summed E-state index contributed by atoms with van der Waals surface area (Å²) in [5.74, 6) is -0.556. The number of carbonyl (C=O) groups excluding carboxylic acids is 2. The standard InChI is InChI=1S/C54H64N4O15S4/c1-37-13-28-51(60)56(37)30-9-7-6-8-29-55-50(59)27-16-38-14-19-41(20-15-38)73-52-39(17-25-48-53(2,3)44-35-42(76(67,68)69)21-23-46(44)57(48)31-33-74(61,62)63)11-10-12-40(52)18-26-49-54(4,5)45-36-43(77(70,71)72)22-24-47(45)58(49)32-34-75(64,65)66/h13-15,17-26,28,35-36H,1,6-12,16,27,29-34H2,2-5H3,(H4-,55,59,61,62,63,64,65,66,67,68,69,70,71,72)/p+1. The van der Waals surface area contributed by atoms with Crippen molar-refractivity contribution in [2.75, 3.05) is 42.6 Å². The number of fused-ring (bicyclic) bond motifs is 2. The number of amides is 2. The lowest BCUT2D eigenvalue weighted by atomic mass is 9.81. The summed E-state index contributed by atoms with van der Waals surface area (Å²) in [4.78, 5) is 27.3. The van der Waals surface area contributed by atoms with E-state index in [4.69, 9.17) is 4.74 Å². The third-order valence-electron chi connectivity index (χ3n) is 14.3. The maximum Gasteiger partial charge on any atom is 0.294 e. The number of hydrogen-bond acceptors (Lipinski definition) is 12. The van der Waals surface area contributed by atoms with E-state index in [9.17, 15) is 61.5 Å². The van der Waals surface area contributed by atoms with Crippen molar-refractivity contribution in [1.82, 2.24) is 10.2 Å². The number of unbranched alkanes of at least 4 members (excludes halogenated alkanes) is 3. The molecule has 0 bridgehead atoms. The quantitative estimate of drug-likeness (QED) is 0.0348. The number of benzene rings is 3. The second-order valence-electron chi connectivity index (χ2n) is 20.4. The average Bonchev–Trinajstić information content (AvgIpc) is 3.87. The van der Waals surface area contributed by atoms with E-state index >= 15 is 0 Å². The lowest BCUT2D eigenvalue weighted by molar-refractivity contribution is -0.432. The number of carbonyl (C=O) groups is 2. The van der Waals surface area contributed by atoms with Crippen LogP contribution in [0, 0.1) is 0 Å². The monoisotopic (exact) mass is 1140 g/mol. The van der Waals surface area contributed by atoms with Crippen LogP contribution in [0.25, 0.3) is 0 Å². The van der Waals surface area contributed by atoms with Gasteiger partial charge in [0.2, 0.25) is 11.6 Å². The van der Waals surface area contributed by atoms with Crippen LogP contribution in [0.2, 0.25) is 0 Å². The first-order valence-electron chi connectivity index (χ1n) is 25.1. The third-order valence-corrected chi connectivity index (χ3v) is 17.4. The molecule has 2 amide bonds. The molecule has 0 saturated carbocycles. The van der Waals surface area contributed by atoms with Gasteiger partial charge in [-0.2, -0.15) is 38.2 Å². The Kier molecular flexibility index (Phi) is 17.6. The van der Waals surface area contributed by atoms with Crippen LogP contribution >= 0.6 is 0 Å². The molecule has 0 unspecified atom stereocenters. The Balaban J connectivity index is 1.19. The van der Waals surface area contributed by atoms with Gasteiger partial charge in [0.05, 0.1) is 21.0 Å². The largest absolute Gasteiger partial charge is 0.457 e. The number of nitrogens with one attached hydrogen (secondary N) is 1. The van der Waals surface area contributed by atoms with E-state index in [0.717, 1.165) is 31.2 Å². The molecule has 3 aromatic carbocycles. The summed E-state index contributed by atoms with van der Waals surface area (Å²) < 4.78 is 145. The number of anilines is 1. The van der Waals surface area contributed by atoms with Crippen molar-refractivity contribution >= 4 is 69.4 Å². The molecule has 23 heteroatoms. The Labute approximate surface area is 451 Å². The third kappa shape index (κ3) is 14.4. The van der Waals surface area contributed by atoms with Gasteiger partial charge in [0, 0.05) is 72.3 Å². The fourth-order valence-corrected chi connectivity index (χ4v) is 12.0. The molecule has 3 heterocycles. The highest BCUT2D eigenvalue weighted by Crippen LogP contribution is 2.49. The molecule has 0 aromatic heterocycles. The van der Waals surface area contributed by atoms with Gasteiger partial charge in [-0.1, -0.05) is 51.5 Å². The van der Waals surface area contributed by atoms with Gasteiger partial charge in [0.15, 0.2) is 12.3 Å². The van der Waals surface area contributed by atoms with Crippen molar-refractivity contribution < 1.29 is 70.8 Å². The minimum absolute atomic E-state index is 0.0531. The molecule has 414 valence electrons. The molecule has 0 spiro atoms. The second-order valence-corrected chi connectivity index (χ2v) is 26.4. The van der Waals surface area contributed by atoms with E-state index in [0.29, 0.717) is 101 Å². The Morgan fingerprint density at radius 3 is 2.03 bits per heavy atom. The van der Waals surface area contributed by atoms with Crippen LogP contribution in [-0.2, 0) is 67.3 Å². The number of hydrogen-bond donors (Lipinski definition) is 5. The van der Waals surface area contributed by atoms with Crippen LogP contribution in [-0.4, -0.2) is 117 Å². The average molecular weight is 1140 g/mol. The van der Waals surface area contributed by atoms with Crippen LogP contribution in [0.4, 0.5) is 11.4 Å². The highest BCUT2D eigenvalue weighted by Gasteiger charge is 2.46. The molecule has 0 atom stereocenters. The number of nitrogens with zero attached hydrogens (tertiary/aromatic N) is 3. The van der Waals surface area contributed by atoms with Crippen molar-refractivity contribution in [2.45, 2.75) is 106 Å². The fourth-order valence-electron chi connectivity index (χ4n) is 10.1. The Morgan fingerprint density at radius 1 is 0.740 bits per heavy atom. The van der Waals surface area contributed by atoms with Crippen molar-refractivity contribution in [3.63, 3.8) is 0 Å². The first-order valence-corrected chi connectivity index (χ1v) is 31.2. The molecule has 0 saturated heterocycles. The van der Waals surface area contributed by atoms with E-state index in [1.54, 1.807) is 44.7 Å². The first-order chi connectivity index (χ1) is 35.9. The molecular formula is C54H65N4O15S4+. The van der Waals surface area contributed by atoms with Crippen molar-refractivity contribution in [1.29, 1.82) is 0 Å². The number of rotatable bonds is 23. The molecule has 77 heavy (non-hydrogen) atoms. The minimum atomic E-state index is -4.62. The van der Waals surface area contributed by atoms with Gasteiger partial charge in [-0.05, 0) is 135 Å². The SMILES string of the molecule is C=C1C=CC(=O)N1CCCCCCNC(=O)CCc1ccc(OC2=C(/C=C/C3=[N+](CCS(=O)(=O)O)c4ccc(S(=O)(=O)O)cc4C3(C)C)CCC/C2=C\C=C2\N(CCS(=O)(=O)O)c3ccc(S(=O)(=O)O)cc3C2(C)C)cc1. The Hall–Kier alpha value is -6.05. The van der Waals surface area contributed by atoms with E-state index < -0.39 is 62.8 Å². The van der Waals surface area contributed by atoms with E-state index in [-0.39, 0.29) is 41.1 Å². The van der Waals surface area contributed by atoms with Gasteiger partial charge in [-0.15, -0.1) is 0 Å². The number of aryl methyl sites for hydroxylation is 1. The van der Waals surface area contributed by atoms with Gasteiger partial charge in [-0.3, -0.25) is 27.8 Å². The highest BCUT2D eigenvalue weighted by molar-refractivity contribution is 7.86. The summed E-state index contributed by atoms with van der Waals surface area (Å²) >= 11 is 0. The maximum absolute atomic E-state index is 12.8. The summed E-state index contributed by atoms with van der Waals surface area (Å²) in [6, 6.07) is 15.3. The molecule has 5 N–H and O–H groups in total. The van der Waals surface area contributed by atoms with Crippen LogP contribution < -0.4 is 15.0 Å². The second kappa shape index (κ2) is 23.1. The lowest BCUT2D eigenvalue weighted by Crippen LogP contribution is -2.30. The van der Waals surface area contributed by atoms with Gasteiger partial charge >= 0.3 is 0 Å². The molecule has 3 aromatic rings. The summed E-state index contributed by atoms with van der Waals surface area (Å²) in [6.45, 7) is 11.9. The molecule has 4 aliphatic rings. The molecule has 19 nitrogen and oxygen atoms in total. The molecule has 1 aliphatic carbocycles. The predicted octanol–water partition coefficient (Wildman–Crippen LogP) is 7.53. The normalized spacial score (nSPS) is 18.6. The van der Waals surface area contributed by atoms with E-state index in [2.05, 4.69) is 11.9 Å². The fraction of sp³-hybridized carbons (Fsp3) is 0.389. The van der Waals surface area contributed by atoms with Gasteiger partial charge in [0.1, 0.15) is 17.3 Å². The zero-order valence-electron chi connectivity index (χ0n) is 43.3. The van der Waals surface area contributed by atoms with Crippen molar-refractivity contribution in [2.24, 2.45) is 0 Å². The minimum Gasteiger partial charge on any atom is -0.457 e. The summed E-state index contributed by atoms with van der Waals surface area (Å²) in [7, 11) is -18.1. The van der Waals surface area contributed by atoms with Crippen LogP contribution in [0.3, 0.4) is 0 Å². The van der Waals surface area contributed by atoms with Gasteiger partial charge in [-0.25, -0.2) is 0 Å². The smallest absolute Gasteiger partial charge is 0.294 e. The van der Waals surface area contributed by atoms with Crippen molar-refractivity contribution in [3.8, 4) is 5.75 Å². The summed E-state index contributed by atoms with van der Waals surface area (Å²) in [5, 5.41) is 2.98. The molecular weight excluding hydrogens is 1070 g/mol. The van der Waals surface area contributed by atoms with Crippen LogP contribution in [0.1, 0.15) is 95.8 Å². The molecule has 0 radical (unpaired) electrons. The first kappa shape index (κ1) is 58.6. The van der Waals surface area contributed by atoms with Crippen LogP contribution in [0.5, 0.6) is 5.75 Å².